The molecule has 1 rings (SSSR count). The number of aliphatic carboxylic acids is 1. The number of nitrogens with zero attached hydrogens (tertiary/aromatic N) is 1. The summed E-state index contributed by atoms with van der Waals surface area (Å²) in [5, 5.41) is 11.1. The molecule has 0 radical (unpaired) electrons. The minimum absolute atomic E-state index is 0.364. The maximum atomic E-state index is 11.0. The molecular weight excluding hydrogens is 210 g/mol. The van der Waals surface area contributed by atoms with Crippen LogP contribution in [-0.2, 0) is 11.3 Å². The van der Waals surface area contributed by atoms with Crippen LogP contribution in [0.1, 0.15) is 24.6 Å². The molecule has 1 aromatic rings. The van der Waals surface area contributed by atoms with E-state index in [0.717, 1.165) is 6.42 Å². The first-order valence-electron chi connectivity index (χ1n) is 5.10. The van der Waals surface area contributed by atoms with Crippen LogP contribution >= 0.6 is 11.3 Å². The Labute approximate surface area is 94.3 Å². The zero-order valence-electron chi connectivity index (χ0n) is 9.14. The molecule has 4 heteroatoms. The standard InChI is InChI=1S/C11H17NO2S/c1-3-5-10(11(13)14)12(2)8-9-6-4-7-15-9/h4,6-7,10H,3,5,8H2,1-2H3,(H,13,14). The van der Waals surface area contributed by atoms with Crippen molar-refractivity contribution >= 4 is 17.3 Å². The predicted molar refractivity (Wildman–Crippen MR) is 62.1 cm³/mol. The van der Waals surface area contributed by atoms with Gasteiger partial charge in [0, 0.05) is 11.4 Å². The van der Waals surface area contributed by atoms with E-state index in [1.165, 1.54) is 4.88 Å². The van der Waals surface area contributed by atoms with E-state index in [1.54, 1.807) is 11.3 Å². The van der Waals surface area contributed by atoms with Crippen LogP contribution in [0.15, 0.2) is 17.5 Å². The van der Waals surface area contributed by atoms with Gasteiger partial charge < -0.3 is 5.11 Å². The Morgan fingerprint density at radius 2 is 2.40 bits per heavy atom. The molecule has 0 saturated carbocycles. The third-order valence-corrected chi connectivity index (χ3v) is 3.23. The van der Waals surface area contributed by atoms with Gasteiger partial charge in [0.05, 0.1) is 0 Å². The predicted octanol–water partition coefficient (Wildman–Crippen LogP) is 2.43. The van der Waals surface area contributed by atoms with E-state index in [4.69, 9.17) is 5.11 Å². The molecule has 1 heterocycles. The van der Waals surface area contributed by atoms with Crippen LogP contribution in [0.3, 0.4) is 0 Å². The monoisotopic (exact) mass is 227 g/mol. The number of carboxylic acid groups (broad SMARTS) is 1. The van der Waals surface area contributed by atoms with Crippen LogP contribution < -0.4 is 0 Å². The van der Waals surface area contributed by atoms with E-state index in [9.17, 15) is 4.79 Å². The summed E-state index contributed by atoms with van der Waals surface area (Å²) in [6.45, 7) is 2.73. The summed E-state index contributed by atoms with van der Waals surface area (Å²) in [5.74, 6) is -0.726. The number of rotatable bonds is 6. The number of hydrogen-bond acceptors (Lipinski definition) is 3. The number of thiophene rings is 1. The van der Waals surface area contributed by atoms with E-state index in [1.807, 2.05) is 36.4 Å². The van der Waals surface area contributed by atoms with Gasteiger partial charge in [-0.1, -0.05) is 19.4 Å². The molecule has 0 saturated heterocycles. The van der Waals surface area contributed by atoms with Crippen molar-refractivity contribution in [3.63, 3.8) is 0 Å². The molecule has 1 unspecified atom stereocenters. The highest BCUT2D eigenvalue weighted by molar-refractivity contribution is 7.09. The van der Waals surface area contributed by atoms with E-state index < -0.39 is 5.97 Å². The van der Waals surface area contributed by atoms with Crippen LogP contribution in [0.25, 0.3) is 0 Å². The SMILES string of the molecule is CCCC(C(=O)O)N(C)Cc1cccs1. The summed E-state index contributed by atoms with van der Waals surface area (Å²) in [5.41, 5.74) is 0. The molecular formula is C11H17NO2S. The fourth-order valence-electron chi connectivity index (χ4n) is 1.56. The van der Waals surface area contributed by atoms with Crippen molar-refractivity contribution in [1.29, 1.82) is 0 Å². The molecule has 84 valence electrons. The van der Waals surface area contributed by atoms with Crippen molar-refractivity contribution in [3.05, 3.63) is 22.4 Å². The fourth-order valence-corrected chi connectivity index (χ4v) is 2.33. The van der Waals surface area contributed by atoms with Crippen molar-refractivity contribution in [2.24, 2.45) is 0 Å². The Kier molecular flexibility index (Phi) is 4.78. The molecule has 0 bridgehead atoms. The molecule has 0 aliphatic rings. The average molecular weight is 227 g/mol. The van der Waals surface area contributed by atoms with Gasteiger partial charge in [-0.15, -0.1) is 11.3 Å². The number of hydrogen-bond donors (Lipinski definition) is 1. The Hall–Kier alpha value is -0.870. The van der Waals surface area contributed by atoms with Crippen LogP contribution in [0.2, 0.25) is 0 Å². The second-order valence-electron chi connectivity index (χ2n) is 3.64. The lowest BCUT2D eigenvalue weighted by atomic mass is 10.1. The van der Waals surface area contributed by atoms with Crippen molar-refractivity contribution in [3.8, 4) is 0 Å². The molecule has 1 N–H and O–H groups in total. The molecule has 0 spiro atoms. The molecule has 0 aromatic carbocycles. The minimum Gasteiger partial charge on any atom is -0.480 e. The van der Waals surface area contributed by atoms with Crippen LogP contribution in [0.4, 0.5) is 0 Å². The molecule has 1 aromatic heterocycles. The summed E-state index contributed by atoms with van der Waals surface area (Å²) in [6.07, 6.45) is 1.60. The highest BCUT2D eigenvalue weighted by atomic mass is 32.1. The highest BCUT2D eigenvalue weighted by Gasteiger charge is 2.21. The second kappa shape index (κ2) is 5.88. The van der Waals surface area contributed by atoms with E-state index >= 15 is 0 Å². The van der Waals surface area contributed by atoms with Crippen LogP contribution in [0.5, 0.6) is 0 Å². The Morgan fingerprint density at radius 3 is 2.87 bits per heavy atom. The number of likely N-dealkylation sites (N-methyl/N-ethyl adjacent to an activating group) is 1. The highest BCUT2D eigenvalue weighted by Crippen LogP contribution is 2.14. The van der Waals surface area contributed by atoms with E-state index in [0.29, 0.717) is 13.0 Å². The van der Waals surface area contributed by atoms with E-state index in [2.05, 4.69) is 0 Å². The fraction of sp³-hybridized carbons (Fsp3) is 0.545. The molecule has 3 nitrogen and oxygen atoms in total. The normalized spacial score (nSPS) is 13.0. The first kappa shape index (κ1) is 12.2. The molecule has 0 amide bonds. The van der Waals surface area contributed by atoms with Crippen molar-refractivity contribution in [1.82, 2.24) is 4.90 Å². The van der Waals surface area contributed by atoms with Crippen molar-refractivity contribution in [2.45, 2.75) is 32.4 Å². The Bertz CT molecular complexity index is 298. The lowest BCUT2D eigenvalue weighted by Crippen LogP contribution is -2.37. The average Bonchev–Trinajstić information content (AvgIpc) is 2.65. The van der Waals surface area contributed by atoms with E-state index in [-0.39, 0.29) is 6.04 Å². The Morgan fingerprint density at radius 1 is 1.67 bits per heavy atom. The summed E-state index contributed by atoms with van der Waals surface area (Å²) < 4.78 is 0. The summed E-state index contributed by atoms with van der Waals surface area (Å²) in [7, 11) is 1.87. The quantitative estimate of drug-likeness (QED) is 0.811. The third kappa shape index (κ3) is 3.64. The molecule has 0 aliphatic heterocycles. The molecule has 0 fully saturated rings. The van der Waals surface area contributed by atoms with Gasteiger partial charge in [0.25, 0.3) is 0 Å². The topological polar surface area (TPSA) is 40.5 Å². The first-order chi connectivity index (χ1) is 7.15. The summed E-state index contributed by atoms with van der Waals surface area (Å²) >= 11 is 1.66. The zero-order valence-corrected chi connectivity index (χ0v) is 9.96. The second-order valence-corrected chi connectivity index (χ2v) is 4.67. The van der Waals surface area contributed by atoms with Crippen molar-refractivity contribution < 1.29 is 9.90 Å². The van der Waals surface area contributed by atoms with Gasteiger partial charge in [-0.2, -0.15) is 0 Å². The van der Waals surface area contributed by atoms with Crippen LogP contribution in [0, 0.1) is 0 Å². The van der Waals surface area contributed by atoms with Gasteiger partial charge in [0.1, 0.15) is 6.04 Å². The summed E-state index contributed by atoms with van der Waals surface area (Å²) in [6, 6.07) is 3.66. The first-order valence-corrected chi connectivity index (χ1v) is 5.98. The van der Waals surface area contributed by atoms with Gasteiger partial charge in [-0.25, -0.2) is 0 Å². The van der Waals surface area contributed by atoms with Crippen LogP contribution in [-0.4, -0.2) is 29.1 Å². The lowest BCUT2D eigenvalue weighted by Gasteiger charge is -2.23. The van der Waals surface area contributed by atoms with Gasteiger partial charge in [-0.05, 0) is 24.9 Å². The smallest absolute Gasteiger partial charge is 0.320 e. The van der Waals surface area contributed by atoms with Gasteiger partial charge in [0.15, 0.2) is 0 Å². The molecule has 1 atom stereocenters. The maximum absolute atomic E-state index is 11.0. The largest absolute Gasteiger partial charge is 0.480 e. The maximum Gasteiger partial charge on any atom is 0.320 e. The van der Waals surface area contributed by atoms with Gasteiger partial charge >= 0.3 is 5.97 Å². The Balaban J connectivity index is 2.56. The minimum atomic E-state index is -0.726. The number of carboxylic acids is 1. The lowest BCUT2D eigenvalue weighted by molar-refractivity contribution is -0.143. The summed E-state index contributed by atoms with van der Waals surface area (Å²) in [4.78, 5) is 14.1. The molecule has 0 aliphatic carbocycles. The zero-order chi connectivity index (χ0) is 11.3. The van der Waals surface area contributed by atoms with Crippen molar-refractivity contribution in [2.75, 3.05) is 7.05 Å². The molecule has 15 heavy (non-hydrogen) atoms. The van der Waals surface area contributed by atoms with Gasteiger partial charge in [0.2, 0.25) is 0 Å². The third-order valence-electron chi connectivity index (χ3n) is 2.36. The van der Waals surface area contributed by atoms with Gasteiger partial charge in [-0.3, -0.25) is 9.69 Å². The number of carbonyl (C=O) groups is 1.